The molecular weight excluding hydrogens is 516 g/mol. The van der Waals surface area contributed by atoms with Gasteiger partial charge in [0.2, 0.25) is 0 Å². The lowest BCUT2D eigenvalue weighted by Gasteiger charge is -2.09. The van der Waals surface area contributed by atoms with Crippen molar-refractivity contribution in [2.45, 2.75) is 6.42 Å². The van der Waals surface area contributed by atoms with Crippen LogP contribution in [0, 0.1) is 0 Å². The molecule has 0 saturated heterocycles. The van der Waals surface area contributed by atoms with Crippen molar-refractivity contribution in [3.05, 3.63) is 181 Å². The molecule has 0 unspecified atom stereocenters. The fourth-order valence-corrected chi connectivity index (χ4v) is 6.70. The molecule has 202 valence electrons. The molecule has 10 rings (SSSR count). The van der Waals surface area contributed by atoms with E-state index < -0.39 is 0 Å². The minimum Gasteiger partial charge on any atom is -0.0619 e. The van der Waals surface area contributed by atoms with E-state index in [4.69, 9.17) is 0 Å². The first-order chi connectivity index (χ1) is 21.3. The molecule has 0 heterocycles. The van der Waals surface area contributed by atoms with Gasteiger partial charge in [0, 0.05) is 0 Å². The summed E-state index contributed by atoms with van der Waals surface area (Å²) >= 11 is 0. The van der Waals surface area contributed by atoms with Crippen molar-refractivity contribution in [2.75, 3.05) is 0 Å². The molecule has 9 aromatic carbocycles. The monoisotopic (exact) mass is 546 g/mol. The molecule has 0 amide bonds. The van der Waals surface area contributed by atoms with Gasteiger partial charge in [0.25, 0.3) is 0 Å². The van der Waals surface area contributed by atoms with Gasteiger partial charge in [-0.25, -0.2) is 0 Å². The summed E-state index contributed by atoms with van der Waals surface area (Å²) in [6.45, 7) is 0. The van der Waals surface area contributed by atoms with Crippen LogP contribution < -0.4 is 0 Å². The SMILES string of the molecule is c1cc2ccc3cccc4ccc(c1)c2c34.c1ccc2c(c1)Cc1ccccc1-2.c1ccc2c(c1)ccc1ccccc12. The lowest BCUT2D eigenvalue weighted by atomic mass is 9.95. The average Bonchev–Trinajstić information content (AvgIpc) is 3.47. The molecule has 0 nitrogen and oxygen atoms in total. The Kier molecular flexibility index (Phi) is 6.31. The Hall–Kier alpha value is -5.46. The molecule has 43 heavy (non-hydrogen) atoms. The summed E-state index contributed by atoms with van der Waals surface area (Å²) in [5, 5.41) is 13.4. The lowest BCUT2D eigenvalue weighted by Crippen LogP contribution is -1.82. The molecule has 0 aromatic heterocycles. The van der Waals surface area contributed by atoms with Crippen LogP contribution in [0.1, 0.15) is 11.1 Å². The van der Waals surface area contributed by atoms with E-state index in [1.807, 2.05) is 0 Å². The summed E-state index contributed by atoms with van der Waals surface area (Å²) < 4.78 is 0. The van der Waals surface area contributed by atoms with Crippen molar-refractivity contribution < 1.29 is 0 Å². The van der Waals surface area contributed by atoms with Crippen LogP contribution in [0.4, 0.5) is 0 Å². The highest BCUT2D eigenvalue weighted by Gasteiger charge is 2.15. The second kappa shape index (κ2) is 10.7. The van der Waals surface area contributed by atoms with Gasteiger partial charge in [-0.15, -0.1) is 0 Å². The Bertz CT molecular complexity index is 2150. The fourth-order valence-electron chi connectivity index (χ4n) is 6.70. The number of rotatable bonds is 0. The molecule has 9 aromatic rings. The molecule has 0 heteroatoms. The molecule has 1 aliphatic rings. The standard InChI is InChI=1S/C16H10.C14H10.C13H10/c1-3-11-7-9-13-5-2-6-14-10-8-12(4-1)15(11)16(13)14;1-3-7-13-11(5-1)9-10-12-6-2-4-8-14(12)13;1-3-7-12-10(5-1)9-11-6-2-4-8-13(11)12/h1-10H;1-10H;1-8H,9H2. The first kappa shape index (κ1) is 25.3. The smallest absolute Gasteiger partial charge is 0.00135 e. The quantitative estimate of drug-likeness (QED) is 0.166. The van der Waals surface area contributed by atoms with Gasteiger partial charge < -0.3 is 0 Å². The summed E-state index contributed by atoms with van der Waals surface area (Å²) in [4.78, 5) is 0. The number of fused-ring (bicyclic) bond motifs is 6. The molecule has 0 atom stereocenters. The van der Waals surface area contributed by atoms with Gasteiger partial charge in [0.05, 0.1) is 0 Å². The van der Waals surface area contributed by atoms with Crippen LogP contribution in [0.2, 0.25) is 0 Å². The van der Waals surface area contributed by atoms with Crippen LogP contribution in [-0.2, 0) is 6.42 Å². The number of hydrogen-bond donors (Lipinski definition) is 0. The zero-order valence-electron chi connectivity index (χ0n) is 23.9. The molecule has 0 aliphatic heterocycles. The Morgan fingerprint density at radius 2 is 0.581 bits per heavy atom. The van der Waals surface area contributed by atoms with Crippen LogP contribution in [-0.4, -0.2) is 0 Å². The van der Waals surface area contributed by atoms with E-state index in [1.54, 1.807) is 0 Å². The lowest BCUT2D eigenvalue weighted by molar-refractivity contribution is 1.26. The Balaban J connectivity index is 0.0000000975. The van der Waals surface area contributed by atoms with Crippen molar-refractivity contribution in [1.82, 2.24) is 0 Å². The van der Waals surface area contributed by atoms with Crippen LogP contribution >= 0.6 is 0 Å². The summed E-state index contributed by atoms with van der Waals surface area (Å²) in [7, 11) is 0. The number of hydrogen-bond acceptors (Lipinski definition) is 0. The van der Waals surface area contributed by atoms with Gasteiger partial charge in [-0.3, -0.25) is 0 Å². The third-order valence-corrected chi connectivity index (χ3v) is 8.75. The van der Waals surface area contributed by atoms with E-state index >= 15 is 0 Å². The topological polar surface area (TPSA) is 0 Å². The largest absolute Gasteiger partial charge is 0.0619 e. The Morgan fingerprint density at radius 1 is 0.256 bits per heavy atom. The molecule has 0 saturated carbocycles. The van der Waals surface area contributed by atoms with Crippen LogP contribution in [0.5, 0.6) is 0 Å². The minimum atomic E-state index is 1.10. The van der Waals surface area contributed by atoms with E-state index in [0.29, 0.717) is 0 Å². The van der Waals surface area contributed by atoms with E-state index in [2.05, 4.69) is 170 Å². The summed E-state index contributed by atoms with van der Waals surface area (Å²) in [5.41, 5.74) is 5.75. The maximum absolute atomic E-state index is 2.22. The van der Waals surface area contributed by atoms with Crippen molar-refractivity contribution in [2.24, 2.45) is 0 Å². The third-order valence-electron chi connectivity index (χ3n) is 8.75. The van der Waals surface area contributed by atoms with Gasteiger partial charge in [-0.05, 0) is 82.5 Å². The molecule has 0 N–H and O–H groups in total. The molecule has 0 spiro atoms. The Labute approximate surface area is 251 Å². The van der Waals surface area contributed by atoms with Crippen molar-refractivity contribution in [1.29, 1.82) is 0 Å². The van der Waals surface area contributed by atoms with Gasteiger partial charge in [0.15, 0.2) is 0 Å². The average molecular weight is 547 g/mol. The van der Waals surface area contributed by atoms with Gasteiger partial charge >= 0.3 is 0 Å². The van der Waals surface area contributed by atoms with Crippen LogP contribution in [0.15, 0.2) is 170 Å². The zero-order valence-corrected chi connectivity index (χ0v) is 23.9. The summed E-state index contributed by atoms with van der Waals surface area (Å²) in [5.74, 6) is 0. The zero-order chi connectivity index (χ0) is 28.6. The van der Waals surface area contributed by atoms with Gasteiger partial charge in [-0.1, -0.05) is 170 Å². The highest BCUT2D eigenvalue weighted by molar-refractivity contribution is 6.22. The predicted octanol–water partition coefficient (Wildman–Crippen LogP) is 11.8. The van der Waals surface area contributed by atoms with Crippen molar-refractivity contribution in [3.63, 3.8) is 0 Å². The second-order valence-electron chi connectivity index (χ2n) is 11.3. The first-order valence-corrected chi connectivity index (χ1v) is 15.0. The van der Waals surface area contributed by atoms with Gasteiger partial charge in [-0.2, -0.15) is 0 Å². The third kappa shape index (κ3) is 4.58. The molecular formula is C43H30. The first-order valence-electron chi connectivity index (χ1n) is 15.0. The van der Waals surface area contributed by atoms with E-state index in [1.165, 1.54) is 76.1 Å². The molecule has 1 aliphatic carbocycles. The van der Waals surface area contributed by atoms with Gasteiger partial charge in [0.1, 0.15) is 0 Å². The molecule has 0 radical (unpaired) electrons. The molecule has 0 fully saturated rings. The van der Waals surface area contributed by atoms with Crippen LogP contribution in [0.3, 0.4) is 0 Å². The van der Waals surface area contributed by atoms with Crippen LogP contribution in [0.25, 0.3) is 65.0 Å². The summed E-state index contributed by atoms with van der Waals surface area (Å²) in [6.07, 6.45) is 1.10. The van der Waals surface area contributed by atoms with Crippen molar-refractivity contribution in [3.8, 4) is 11.1 Å². The van der Waals surface area contributed by atoms with E-state index in [-0.39, 0.29) is 0 Å². The normalized spacial score (nSPS) is 11.6. The minimum absolute atomic E-state index is 1.10. The fraction of sp³-hybridized carbons (Fsp3) is 0.0233. The van der Waals surface area contributed by atoms with E-state index in [9.17, 15) is 0 Å². The maximum Gasteiger partial charge on any atom is -0.00135 e. The molecule has 0 bridgehead atoms. The van der Waals surface area contributed by atoms with Crippen molar-refractivity contribution >= 4 is 53.9 Å². The Morgan fingerprint density at radius 3 is 1.02 bits per heavy atom. The maximum atomic E-state index is 2.22. The summed E-state index contributed by atoms with van der Waals surface area (Å²) in [6, 6.07) is 60.5. The predicted molar refractivity (Wildman–Crippen MR) is 186 cm³/mol. The number of benzene rings is 9. The highest BCUT2D eigenvalue weighted by atomic mass is 14.2. The second-order valence-corrected chi connectivity index (χ2v) is 11.3. The highest BCUT2D eigenvalue weighted by Crippen LogP contribution is 2.36. The van der Waals surface area contributed by atoms with E-state index in [0.717, 1.165) is 6.42 Å².